The number of nitrogens with two attached hydrogens (primary N) is 1. The molecule has 192 valence electrons. The molecule has 37 heavy (non-hydrogen) atoms. The molecule has 3 atom stereocenters. The number of carbonyl (C=O) groups is 3. The zero-order valence-electron chi connectivity index (χ0n) is 19.6. The van der Waals surface area contributed by atoms with E-state index in [1.165, 1.54) is 18.2 Å². The van der Waals surface area contributed by atoms with Crippen LogP contribution in [0, 0.1) is 17.7 Å². The maximum Gasteiger partial charge on any atom is 0.255 e. The lowest BCUT2D eigenvalue weighted by atomic mass is 9.59. The maximum atomic E-state index is 13.5. The SMILES string of the molecule is NC(=O)C1=C(O)C2(O)C(=O)C3=C(O)c4c(O)ccc(CNCc5ccc(F)cc5)c4CC3CC2CC1=O. The van der Waals surface area contributed by atoms with Crippen LogP contribution in [0.1, 0.15) is 35.1 Å². The van der Waals surface area contributed by atoms with Crippen molar-refractivity contribution in [2.24, 2.45) is 17.6 Å². The number of primary amides is 1. The van der Waals surface area contributed by atoms with E-state index in [-0.39, 0.29) is 42.0 Å². The van der Waals surface area contributed by atoms with Gasteiger partial charge in [-0.3, -0.25) is 14.4 Å². The van der Waals surface area contributed by atoms with Crippen molar-refractivity contribution in [3.63, 3.8) is 0 Å². The minimum atomic E-state index is -2.58. The van der Waals surface area contributed by atoms with Crippen molar-refractivity contribution in [1.29, 1.82) is 0 Å². The van der Waals surface area contributed by atoms with Crippen LogP contribution in [0.15, 0.2) is 53.3 Å². The lowest BCUT2D eigenvalue weighted by Gasteiger charge is -2.46. The van der Waals surface area contributed by atoms with E-state index < -0.39 is 52.0 Å². The van der Waals surface area contributed by atoms with Gasteiger partial charge in [-0.05, 0) is 53.6 Å². The van der Waals surface area contributed by atoms with Gasteiger partial charge in [-0.2, -0.15) is 0 Å². The monoisotopic (exact) mass is 508 g/mol. The van der Waals surface area contributed by atoms with Crippen molar-refractivity contribution >= 4 is 23.2 Å². The Hall–Kier alpha value is -4.02. The highest BCUT2D eigenvalue weighted by molar-refractivity contribution is 6.22. The van der Waals surface area contributed by atoms with E-state index in [1.54, 1.807) is 18.2 Å². The molecule has 3 aliphatic rings. The van der Waals surface area contributed by atoms with Gasteiger partial charge in [0.2, 0.25) is 5.78 Å². The Balaban J connectivity index is 1.51. The number of ketones is 2. The normalized spacial score (nSPS) is 25.0. The second-order valence-corrected chi connectivity index (χ2v) is 9.73. The van der Waals surface area contributed by atoms with Gasteiger partial charge in [-0.15, -0.1) is 0 Å². The van der Waals surface area contributed by atoms with Crippen LogP contribution < -0.4 is 11.1 Å². The number of Topliss-reactive ketones (excluding diaryl/α,β-unsaturated/α-hetero) is 2. The van der Waals surface area contributed by atoms with E-state index in [0.29, 0.717) is 18.7 Å². The summed E-state index contributed by atoms with van der Waals surface area (Å²) in [5.74, 6) is -6.88. The first-order valence-electron chi connectivity index (χ1n) is 11.8. The van der Waals surface area contributed by atoms with Crippen molar-refractivity contribution in [2.45, 2.75) is 38.0 Å². The third-order valence-corrected chi connectivity index (χ3v) is 7.60. The number of rotatable bonds is 5. The lowest BCUT2D eigenvalue weighted by Crippen LogP contribution is -2.58. The van der Waals surface area contributed by atoms with Crippen LogP contribution in [0.5, 0.6) is 5.75 Å². The predicted molar refractivity (Wildman–Crippen MR) is 128 cm³/mol. The minimum Gasteiger partial charge on any atom is -0.508 e. The van der Waals surface area contributed by atoms with Gasteiger partial charge in [0.25, 0.3) is 5.91 Å². The van der Waals surface area contributed by atoms with Crippen molar-refractivity contribution in [1.82, 2.24) is 5.32 Å². The summed E-state index contributed by atoms with van der Waals surface area (Å²) in [6, 6.07) is 9.12. The van der Waals surface area contributed by atoms with Gasteiger partial charge in [0.05, 0.1) is 5.56 Å². The van der Waals surface area contributed by atoms with Gasteiger partial charge in [-0.1, -0.05) is 18.2 Å². The number of hydrogen-bond acceptors (Lipinski definition) is 8. The molecule has 0 saturated heterocycles. The highest BCUT2D eigenvalue weighted by Crippen LogP contribution is 2.52. The Labute approximate surface area is 210 Å². The molecule has 10 heteroatoms. The Morgan fingerprint density at radius 3 is 2.43 bits per heavy atom. The molecule has 5 rings (SSSR count). The molecule has 1 amide bonds. The van der Waals surface area contributed by atoms with Crippen LogP contribution in [0.3, 0.4) is 0 Å². The fraction of sp³-hybridized carbons (Fsp3) is 0.296. The second kappa shape index (κ2) is 8.82. The number of aromatic hydroxyl groups is 1. The highest BCUT2D eigenvalue weighted by Gasteiger charge is 2.60. The summed E-state index contributed by atoms with van der Waals surface area (Å²) < 4.78 is 13.2. The van der Waals surface area contributed by atoms with E-state index in [4.69, 9.17) is 5.73 Å². The fourth-order valence-corrected chi connectivity index (χ4v) is 5.80. The van der Waals surface area contributed by atoms with E-state index in [0.717, 1.165) is 11.1 Å². The molecule has 1 saturated carbocycles. The summed E-state index contributed by atoms with van der Waals surface area (Å²) >= 11 is 0. The molecule has 3 unspecified atom stereocenters. The number of aliphatic hydroxyl groups is 3. The van der Waals surface area contributed by atoms with Crippen LogP contribution in [0.4, 0.5) is 4.39 Å². The molecule has 7 N–H and O–H groups in total. The molecule has 1 fully saturated rings. The summed E-state index contributed by atoms with van der Waals surface area (Å²) in [5.41, 5.74) is 3.89. The average Bonchev–Trinajstić information content (AvgIpc) is 2.83. The van der Waals surface area contributed by atoms with E-state index in [1.807, 2.05) is 0 Å². The van der Waals surface area contributed by atoms with E-state index in [9.17, 15) is 39.2 Å². The topological polar surface area (TPSA) is 170 Å². The molecule has 0 radical (unpaired) electrons. The van der Waals surface area contributed by atoms with Crippen molar-refractivity contribution in [2.75, 3.05) is 0 Å². The Kier molecular flexibility index (Phi) is 5.88. The highest BCUT2D eigenvalue weighted by atomic mass is 19.1. The lowest BCUT2D eigenvalue weighted by molar-refractivity contribution is -0.147. The molecule has 2 aromatic rings. The number of amides is 1. The standard InChI is InChI=1S/C27H25FN2O7/c28-16-4-1-12(2-5-16)10-30-11-13-3-6-18(31)21-17(13)8-14-7-15-9-19(32)22(26(29)36)25(35)27(15,37)24(34)20(14)23(21)33/h1-6,14-15,30-31,33,35,37H,7-11H2,(H2,29,36). The first-order valence-corrected chi connectivity index (χ1v) is 11.8. The van der Waals surface area contributed by atoms with Crippen molar-refractivity contribution < 1.29 is 39.2 Å². The fourth-order valence-electron chi connectivity index (χ4n) is 5.80. The summed E-state index contributed by atoms with van der Waals surface area (Å²) in [5, 5.41) is 46.9. The van der Waals surface area contributed by atoms with Crippen LogP contribution in [0.25, 0.3) is 5.76 Å². The molecule has 9 nitrogen and oxygen atoms in total. The quantitative estimate of drug-likeness (QED) is 0.332. The molecule has 0 aliphatic heterocycles. The van der Waals surface area contributed by atoms with E-state index in [2.05, 4.69) is 5.32 Å². The Morgan fingerprint density at radius 2 is 1.76 bits per heavy atom. The number of halogens is 1. The number of fused-ring (bicyclic) bond motifs is 3. The summed E-state index contributed by atoms with van der Waals surface area (Å²) in [6.07, 6.45) is -0.0640. The van der Waals surface area contributed by atoms with Gasteiger partial charge >= 0.3 is 0 Å². The number of aliphatic hydroxyl groups excluding tert-OH is 2. The first-order chi connectivity index (χ1) is 17.5. The van der Waals surface area contributed by atoms with Gasteiger partial charge in [0.15, 0.2) is 11.4 Å². The molecular formula is C27H25FN2O7. The van der Waals surface area contributed by atoms with E-state index >= 15 is 0 Å². The summed E-state index contributed by atoms with van der Waals surface area (Å²) in [4.78, 5) is 37.7. The first kappa shape index (κ1) is 24.7. The molecule has 0 spiro atoms. The number of phenols is 1. The third kappa shape index (κ3) is 3.80. The molecule has 0 bridgehead atoms. The maximum absolute atomic E-state index is 13.5. The summed E-state index contributed by atoms with van der Waals surface area (Å²) in [6.45, 7) is 0.788. The van der Waals surface area contributed by atoms with Crippen molar-refractivity contribution in [3.8, 4) is 5.75 Å². The zero-order valence-corrected chi connectivity index (χ0v) is 19.6. The van der Waals surface area contributed by atoms with Gasteiger partial charge in [-0.25, -0.2) is 4.39 Å². The van der Waals surface area contributed by atoms with Crippen LogP contribution >= 0.6 is 0 Å². The molecule has 0 aromatic heterocycles. The van der Waals surface area contributed by atoms with Gasteiger partial charge < -0.3 is 31.5 Å². The molecule has 2 aromatic carbocycles. The average molecular weight is 509 g/mol. The van der Waals surface area contributed by atoms with Crippen molar-refractivity contribution in [3.05, 3.63) is 81.4 Å². The zero-order chi connectivity index (χ0) is 26.6. The van der Waals surface area contributed by atoms with Gasteiger partial charge in [0.1, 0.15) is 28.7 Å². The molecular weight excluding hydrogens is 483 g/mol. The Bertz CT molecular complexity index is 1410. The number of nitrogens with one attached hydrogen (secondary N) is 1. The molecule has 0 heterocycles. The third-order valence-electron chi connectivity index (χ3n) is 7.60. The molecule has 3 aliphatic carbocycles. The number of hydrogen-bond donors (Lipinski definition) is 6. The number of carbonyl (C=O) groups excluding carboxylic acids is 3. The second-order valence-electron chi connectivity index (χ2n) is 9.73. The number of benzene rings is 2. The number of phenolic OH excluding ortho intramolecular Hbond substituents is 1. The van der Waals surface area contributed by atoms with Gasteiger partial charge in [0, 0.05) is 31.0 Å². The van der Waals surface area contributed by atoms with Crippen LogP contribution in [-0.2, 0) is 33.9 Å². The van der Waals surface area contributed by atoms with Crippen LogP contribution in [0.2, 0.25) is 0 Å². The smallest absolute Gasteiger partial charge is 0.255 e. The van der Waals surface area contributed by atoms with Crippen LogP contribution in [-0.4, -0.2) is 43.5 Å². The summed E-state index contributed by atoms with van der Waals surface area (Å²) in [7, 11) is 0. The Morgan fingerprint density at radius 1 is 1.05 bits per heavy atom. The minimum absolute atomic E-state index is 0.0493. The largest absolute Gasteiger partial charge is 0.508 e. The predicted octanol–water partition coefficient (Wildman–Crippen LogP) is 1.85.